The molecule has 25 heavy (non-hydrogen) atoms. The number of likely N-dealkylation sites (tertiary alicyclic amines) is 2. The van der Waals surface area contributed by atoms with E-state index in [0.717, 1.165) is 32.4 Å². The number of carbonyl (C=O) groups is 3. The van der Waals surface area contributed by atoms with Crippen LogP contribution in [-0.4, -0.2) is 53.8 Å². The molecule has 0 radical (unpaired) electrons. The van der Waals surface area contributed by atoms with Crippen LogP contribution in [0.2, 0.25) is 0 Å². The van der Waals surface area contributed by atoms with Gasteiger partial charge in [-0.05, 0) is 37.8 Å². The number of urea groups is 1. The van der Waals surface area contributed by atoms with Gasteiger partial charge in [-0.15, -0.1) is 0 Å². The van der Waals surface area contributed by atoms with Crippen LogP contribution in [0.4, 0.5) is 10.5 Å². The topological polar surface area (TPSA) is 95.7 Å². The highest BCUT2D eigenvalue weighted by molar-refractivity contribution is 6.03. The lowest BCUT2D eigenvalue weighted by atomic mass is 9.98. The Balaban J connectivity index is 1.71. The zero-order chi connectivity index (χ0) is 17.8. The fourth-order valence-corrected chi connectivity index (χ4v) is 3.46. The SMILES string of the molecule is NC(=O)[C@H]1CCCN(C(=O)Nc2ccccc2C(=O)N2CCCC2)C1. The predicted molar refractivity (Wildman–Crippen MR) is 94.1 cm³/mol. The van der Waals surface area contributed by atoms with E-state index in [9.17, 15) is 14.4 Å². The van der Waals surface area contributed by atoms with Crippen molar-refractivity contribution in [1.82, 2.24) is 9.80 Å². The molecule has 0 spiro atoms. The molecule has 2 heterocycles. The Kier molecular flexibility index (Phi) is 5.21. The Morgan fingerprint density at radius 1 is 1.00 bits per heavy atom. The maximum Gasteiger partial charge on any atom is 0.321 e. The fourth-order valence-electron chi connectivity index (χ4n) is 3.46. The average Bonchev–Trinajstić information content (AvgIpc) is 3.16. The highest BCUT2D eigenvalue weighted by Gasteiger charge is 2.28. The first-order valence-corrected chi connectivity index (χ1v) is 8.80. The van der Waals surface area contributed by atoms with Crippen LogP contribution in [0.25, 0.3) is 0 Å². The predicted octanol–water partition coefficient (Wildman–Crippen LogP) is 1.65. The Morgan fingerprint density at radius 2 is 1.68 bits per heavy atom. The molecule has 134 valence electrons. The molecule has 2 aliphatic heterocycles. The molecule has 1 aromatic rings. The second-order valence-corrected chi connectivity index (χ2v) is 6.66. The molecule has 4 amide bonds. The van der Waals surface area contributed by atoms with E-state index in [2.05, 4.69) is 5.32 Å². The van der Waals surface area contributed by atoms with E-state index < -0.39 is 0 Å². The van der Waals surface area contributed by atoms with Gasteiger partial charge in [-0.3, -0.25) is 9.59 Å². The Bertz CT molecular complexity index is 670. The number of rotatable bonds is 3. The summed E-state index contributed by atoms with van der Waals surface area (Å²) in [4.78, 5) is 40.0. The summed E-state index contributed by atoms with van der Waals surface area (Å²) in [5.41, 5.74) is 6.37. The van der Waals surface area contributed by atoms with Crippen LogP contribution in [0.15, 0.2) is 24.3 Å². The van der Waals surface area contributed by atoms with Crippen LogP contribution in [0.1, 0.15) is 36.0 Å². The van der Waals surface area contributed by atoms with E-state index in [4.69, 9.17) is 5.73 Å². The molecule has 0 unspecified atom stereocenters. The normalized spacial score (nSPS) is 20.4. The van der Waals surface area contributed by atoms with Crippen molar-refractivity contribution in [3.8, 4) is 0 Å². The maximum absolute atomic E-state index is 12.7. The number of nitrogens with one attached hydrogen (secondary N) is 1. The summed E-state index contributed by atoms with van der Waals surface area (Å²) in [6.45, 7) is 2.42. The molecule has 2 saturated heterocycles. The number of amides is 4. The van der Waals surface area contributed by atoms with E-state index >= 15 is 0 Å². The molecule has 0 aromatic heterocycles. The van der Waals surface area contributed by atoms with Gasteiger partial charge < -0.3 is 20.9 Å². The van der Waals surface area contributed by atoms with Crippen LogP contribution in [-0.2, 0) is 4.79 Å². The highest BCUT2D eigenvalue weighted by atomic mass is 16.2. The number of hydrogen-bond acceptors (Lipinski definition) is 3. The van der Waals surface area contributed by atoms with Gasteiger partial charge in [-0.1, -0.05) is 12.1 Å². The van der Waals surface area contributed by atoms with Crippen LogP contribution in [0.3, 0.4) is 0 Å². The van der Waals surface area contributed by atoms with Gasteiger partial charge in [0.1, 0.15) is 0 Å². The van der Waals surface area contributed by atoms with Gasteiger partial charge in [0.05, 0.1) is 17.2 Å². The van der Waals surface area contributed by atoms with Crippen LogP contribution >= 0.6 is 0 Å². The summed E-state index contributed by atoms with van der Waals surface area (Å²) in [6.07, 6.45) is 3.49. The molecule has 0 aliphatic carbocycles. The summed E-state index contributed by atoms with van der Waals surface area (Å²) >= 11 is 0. The second-order valence-electron chi connectivity index (χ2n) is 6.66. The molecule has 2 fully saturated rings. The minimum atomic E-state index is -0.373. The van der Waals surface area contributed by atoms with Crippen LogP contribution < -0.4 is 11.1 Å². The summed E-state index contributed by atoms with van der Waals surface area (Å²) in [5, 5.41) is 2.83. The van der Waals surface area contributed by atoms with E-state index in [0.29, 0.717) is 30.8 Å². The summed E-state index contributed by atoms with van der Waals surface area (Å²) in [6, 6.07) is 6.75. The van der Waals surface area contributed by atoms with Crippen molar-refractivity contribution in [3.63, 3.8) is 0 Å². The molecule has 0 bridgehead atoms. The van der Waals surface area contributed by atoms with Crippen molar-refractivity contribution < 1.29 is 14.4 Å². The van der Waals surface area contributed by atoms with Crippen molar-refractivity contribution in [2.75, 3.05) is 31.5 Å². The minimum absolute atomic E-state index is 0.0537. The van der Waals surface area contributed by atoms with Gasteiger partial charge >= 0.3 is 6.03 Å². The Labute approximate surface area is 147 Å². The molecular formula is C18H24N4O3. The first kappa shape index (κ1) is 17.3. The quantitative estimate of drug-likeness (QED) is 0.873. The third kappa shape index (κ3) is 3.92. The van der Waals surface area contributed by atoms with Gasteiger partial charge in [0.15, 0.2) is 0 Å². The molecular weight excluding hydrogens is 320 g/mol. The van der Waals surface area contributed by atoms with Gasteiger partial charge in [0.25, 0.3) is 5.91 Å². The van der Waals surface area contributed by atoms with E-state index in [1.165, 1.54) is 0 Å². The van der Waals surface area contributed by atoms with Crippen molar-refractivity contribution in [2.24, 2.45) is 11.7 Å². The van der Waals surface area contributed by atoms with Gasteiger partial charge in [0.2, 0.25) is 5.91 Å². The van der Waals surface area contributed by atoms with Crippen molar-refractivity contribution in [2.45, 2.75) is 25.7 Å². The molecule has 7 nitrogen and oxygen atoms in total. The number of piperidine rings is 1. The lowest BCUT2D eigenvalue weighted by Crippen LogP contribution is -2.46. The van der Waals surface area contributed by atoms with Gasteiger partial charge in [-0.25, -0.2) is 4.79 Å². The van der Waals surface area contributed by atoms with Crippen molar-refractivity contribution >= 4 is 23.5 Å². The number of benzene rings is 1. The maximum atomic E-state index is 12.7. The van der Waals surface area contributed by atoms with E-state index in [-0.39, 0.29) is 23.8 Å². The summed E-state index contributed by atoms with van der Waals surface area (Å²) in [5.74, 6) is -0.731. The van der Waals surface area contributed by atoms with Gasteiger partial charge in [0, 0.05) is 26.2 Å². The number of nitrogens with zero attached hydrogens (tertiary/aromatic N) is 2. The largest absolute Gasteiger partial charge is 0.369 e. The number of anilines is 1. The number of nitrogens with two attached hydrogens (primary N) is 1. The molecule has 0 saturated carbocycles. The molecule has 1 atom stereocenters. The number of carbonyl (C=O) groups excluding carboxylic acids is 3. The standard InChI is InChI=1S/C18H24N4O3/c19-16(23)13-6-5-11-22(12-13)18(25)20-15-8-2-1-7-14(15)17(24)21-9-3-4-10-21/h1-2,7-8,13H,3-6,9-12H2,(H2,19,23)(H,20,25)/t13-/m0/s1. The van der Waals surface area contributed by atoms with Crippen LogP contribution in [0.5, 0.6) is 0 Å². The molecule has 2 aliphatic rings. The molecule has 3 N–H and O–H groups in total. The summed E-state index contributed by atoms with van der Waals surface area (Å²) < 4.78 is 0. The van der Waals surface area contributed by atoms with Crippen molar-refractivity contribution in [3.05, 3.63) is 29.8 Å². The monoisotopic (exact) mass is 344 g/mol. The van der Waals surface area contributed by atoms with Gasteiger partial charge in [-0.2, -0.15) is 0 Å². The minimum Gasteiger partial charge on any atom is -0.369 e. The zero-order valence-electron chi connectivity index (χ0n) is 14.2. The van der Waals surface area contributed by atoms with Crippen LogP contribution in [0, 0.1) is 5.92 Å². The molecule has 1 aromatic carbocycles. The third-order valence-corrected chi connectivity index (χ3v) is 4.90. The van der Waals surface area contributed by atoms with E-state index in [1.807, 2.05) is 4.90 Å². The first-order chi connectivity index (χ1) is 12.1. The Hall–Kier alpha value is -2.57. The highest BCUT2D eigenvalue weighted by Crippen LogP contribution is 2.22. The second kappa shape index (κ2) is 7.55. The zero-order valence-corrected chi connectivity index (χ0v) is 14.2. The number of para-hydroxylation sites is 1. The molecule has 3 rings (SSSR count). The first-order valence-electron chi connectivity index (χ1n) is 8.80. The molecule has 7 heteroatoms. The third-order valence-electron chi connectivity index (χ3n) is 4.90. The van der Waals surface area contributed by atoms with E-state index in [1.54, 1.807) is 29.2 Å². The lowest BCUT2D eigenvalue weighted by Gasteiger charge is -2.31. The lowest BCUT2D eigenvalue weighted by molar-refractivity contribution is -0.123. The Morgan fingerprint density at radius 3 is 2.40 bits per heavy atom. The number of primary amides is 1. The number of hydrogen-bond donors (Lipinski definition) is 2. The van der Waals surface area contributed by atoms with Crippen molar-refractivity contribution in [1.29, 1.82) is 0 Å². The summed E-state index contributed by atoms with van der Waals surface area (Å²) in [7, 11) is 0. The average molecular weight is 344 g/mol. The fraction of sp³-hybridized carbons (Fsp3) is 0.500. The smallest absolute Gasteiger partial charge is 0.321 e.